The molecule has 0 radical (unpaired) electrons. The van der Waals surface area contributed by atoms with Crippen LogP contribution in [0.15, 0.2) is 35.3 Å². The van der Waals surface area contributed by atoms with Crippen LogP contribution in [0.5, 0.6) is 0 Å². The number of aliphatic hydroxyl groups is 1. The third-order valence-electron chi connectivity index (χ3n) is 4.13. The van der Waals surface area contributed by atoms with Crippen molar-refractivity contribution in [3.8, 4) is 0 Å². The van der Waals surface area contributed by atoms with E-state index in [4.69, 9.17) is 5.41 Å². The summed E-state index contributed by atoms with van der Waals surface area (Å²) in [6.07, 6.45) is 1.58. The first kappa shape index (κ1) is 17.9. The standard InChI is InChI=1S/C17H15N7O3S/c1-9-21-22-17(28-9)20-15(26)10-8-11-14(24(6-7-25)13(10)18)19-12-4-2-3-5-23(12)16(11)27/h2-5,8,18,25H,6-7H2,1H3,(H,20,22,26). The first-order chi connectivity index (χ1) is 13.5. The quantitative estimate of drug-likeness (QED) is 0.430. The lowest BCUT2D eigenvalue weighted by Gasteiger charge is -2.13. The molecule has 0 bridgehead atoms. The van der Waals surface area contributed by atoms with Crippen molar-refractivity contribution in [1.82, 2.24) is 24.1 Å². The van der Waals surface area contributed by atoms with E-state index in [0.717, 1.165) is 0 Å². The van der Waals surface area contributed by atoms with Crippen LogP contribution in [-0.2, 0) is 6.54 Å². The Hall–Kier alpha value is -3.44. The van der Waals surface area contributed by atoms with E-state index in [0.29, 0.717) is 15.8 Å². The van der Waals surface area contributed by atoms with Crippen molar-refractivity contribution in [3.05, 3.63) is 56.9 Å². The van der Waals surface area contributed by atoms with Crippen molar-refractivity contribution < 1.29 is 9.90 Å². The largest absolute Gasteiger partial charge is 0.395 e. The van der Waals surface area contributed by atoms with E-state index in [-0.39, 0.29) is 40.8 Å². The molecule has 10 nitrogen and oxygen atoms in total. The van der Waals surface area contributed by atoms with Gasteiger partial charge in [0.2, 0.25) is 5.13 Å². The van der Waals surface area contributed by atoms with Crippen LogP contribution in [0.25, 0.3) is 16.7 Å². The molecule has 11 heteroatoms. The van der Waals surface area contributed by atoms with Crippen molar-refractivity contribution in [2.75, 3.05) is 11.9 Å². The Bertz CT molecular complexity index is 1340. The fourth-order valence-corrected chi connectivity index (χ4v) is 3.48. The summed E-state index contributed by atoms with van der Waals surface area (Å²) >= 11 is 1.20. The molecule has 0 aliphatic carbocycles. The van der Waals surface area contributed by atoms with Gasteiger partial charge in [-0.25, -0.2) is 4.98 Å². The molecule has 4 aromatic heterocycles. The molecule has 4 aromatic rings. The third-order valence-corrected chi connectivity index (χ3v) is 4.89. The molecular formula is C17H15N7O3S. The van der Waals surface area contributed by atoms with Crippen LogP contribution in [0.2, 0.25) is 0 Å². The van der Waals surface area contributed by atoms with Gasteiger partial charge in [0.05, 0.1) is 17.6 Å². The number of nitrogens with one attached hydrogen (secondary N) is 2. The van der Waals surface area contributed by atoms with Gasteiger partial charge in [0.25, 0.3) is 11.5 Å². The van der Waals surface area contributed by atoms with E-state index < -0.39 is 5.91 Å². The first-order valence-electron chi connectivity index (χ1n) is 8.31. The fraction of sp³-hybridized carbons (Fsp3) is 0.176. The van der Waals surface area contributed by atoms with Gasteiger partial charge in [-0.2, -0.15) is 0 Å². The van der Waals surface area contributed by atoms with Crippen molar-refractivity contribution in [2.45, 2.75) is 13.5 Å². The Morgan fingerprint density at radius 3 is 2.89 bits per heavy atom. The van der Waals surface area contributed by atoms with Crippen molar-refractivity contribution in [3.63, 3.8) is 0 Å². The third kappa shape index (κ3) is 2.96. The van der Waals surface area contributed by atoms with E-state index in [1.165, 1.54) is 26.4 Å². The highest BCUT2D eigenvalue weighted by Gasteiger charge is 2.18. The number of aromatic nitrogens is 5. The maximum atomic E-state index is 12.9. The summed E-state index contributed by atoms with van der Waals surface area (Å²) in [6.45, 7) is 1.50. The van der Waals surface area contributed by atoms with E-state index >= 15 is 0 Å². The number of nitrogens with zero attached hydrogens (tertiary/aromatic N) is 5. The monoisotopic (exact) mass is 397 g/mol. The van der Waals surface area contributed by atoms with Crippen LogP contribution in [0.4, 0.5) is 5.13 Å². The van der Waals surface area contributed by atoms with Gasteiger partial charge in [0, 0.05) is 12.7 Å². The van der Waals surface area contributed by atoms with E-state index in [9.17, 15) is 14.7 Å². The lowest BCUT2D eigenvalue weighted by atomic mass is 10.2. The minimum atomic E-state index is -0.590. The van der Waals surface area contributed by atoms with Crippen molar-refractivity contribution in [2.24, 2.45) is 0 Å². The number of aryl methyl sites for hydroxylation is 1. The molecule has 0 aliphatic heterocycles. The second kappa shape index (κ2) is 6.94. The van der Waals surface area contributed by atoms with Gasteiger partial charge < -0.3 is 9.67 Å². The van der Waals surface area contributed by atoms with Crippen molar-refractivity contribution in [1.29, 1.82) is 5.41 Å². The van der Waals surface area contributed by atoms with E-state index in [1.54, 1.807) is 31.3 Å². The Kier molecular flexibility index (Phi) is 4.45. The number of anilines is 1. The van der Waals surface area contributed by atoms with Gasteiger partial charge in [-0.15, -0.1) is 10.2 Å². The van der Waals surface area contributed by atoms with Crippen LogP contribution in [0, 0.1) is 12.3 Å². The number of carbonyl (C=O) groups is 1. The second-order valence-electron chi connectivity index (χ2n) is 5.95. The van der Waals surface area contributed by atoms with Crippen molar-refractivity contribution >= 4 is 39.1 Å². The highest BCUT2D eigenvalue weighted by atomic mass is 32.1. The molecule has 0 fully saturated rings. The molecule has 4 heterocycles. The fourth-order valence-electron chi connectivity index (χ4n) is 2.89. The SMILES string of the molecule is Cc1nnc(NC(=O)c2cc3c(=O)n4ccccc4nc3n(CCO)c2=N)s1. The number of fused-ring (bicyclic) bond motifs is 2. The van der Waals surface area contributed by atoms with Gasteiger partial charge in [-0.05, 0) is 25.1 Å². The minimum absolute atomic E-state index is 0.0177. The average molecular weight is 397 g/mol. The smallest absolute Gasteiger partial charge is 0.267 e. The topological polar surface area (TPSA) is 138 Å². The van der Waals surface area contributed by atoms with Gasteiger partial charge in [0.15, 0.2) is 0 Å². The van der Waals surface area contributed by atoms with Crippen LogP contribution < -0.4 is 16.4 Å². The lowest BCUT2D eigenvalue weighted by Crippen LogP contribution is -2.32. The van der Waals surface area contributed by atoms with Gasteiger partial charge >= 0.3 is 0 Å². The summed E-state index contributed by atoms with van der Waals surface area (Å²) in [5.74, 6) is -0.590. The minimum Gasteiger partial charge on any atom is -0.395 e. The summed E-state index contributed by atoms with van der Waals surface area (Å²) in [7, 11) is 0. The molecular weight excluding hydrogens is 382 g/mol. The highest BCUT2D eigenvalue weighted by molar-refractivity contribution is 7.15. The molecule has 4 rings (SSSR count). The van der Waals surface area contributed by atoms with Gasteiger partial charge in [0.1, 0.15) is 21.8 Å². The molecule has 0 atom stereocenters. The normalized spacial score (nSPS) is 11.2. The van der Waals surface area contributed by atoms with E-state index in [1.807, 2.05) is 0 Å². The zero-order valence-corrected chi connectivity index (χ0v) is 15.5. The van der Waals surface area contributed by atoms with Crippen LogP contribution >= 0.6 is 11.3 Å². The molecule has 0 spiro atoms. The Labute approximate surface area is 161 Å². The summed E-state index contributed by atoms with van der Waals surface area (Å²) in [6, 6.07) is 6.47. The highest BCUT2D eigenvalue weighted by Crippen LogP contribution is 2.15. The van der Waals surface area contributed by atoms with Crippen LogP contribution in [0.1, 0.15) is 15.4 Å². The number of hydrogen-bond acceptors (Lipinski definition) is 8. The predicted octanol–water partition coefficient (Wildman–Crippen LogP) is 0.533. The molecule has 0 saturated heterocycles. The number of carbonyl (C=O) groups excluding carboxylic acids is 1. The molecule has 1 amide bonds. The first-order valence-corrected chi connectivity index (χ1v) is 9.13. The molecule has 0 saturated carbocycles. The summed E-state index contributed by atoms with van der Waals surface area (Å²) in [5.41, 5.74) is 0.0929. The van der Waals surface area contributed by atoms with E-state index in [2.05, 4.69) is 20.5 Å². The Morgan fingerprint density at radius 1 is 1.36 bits per heavy atom. The zero-order valence-electron chi connectivity index (χ0n) is 14.7. The predicted molar refractivity (Wildman–Crippen MR) is 102 cm³/mol. The molecule has 142 valence electrons. The molecule has 0 aliphatic rings. The molecule has 3 N–H and O–H groups in total. The maximum absolute atomic E-state index is 12.9. The second-order valence-corrected chi connectivity index (χ2v) is 7.13. The number of aliphatic hydroxyl groups excluding tert-OH is 1. The Balaban J connectivity index is 1.96. The molecule has 28 heavy (non-hydrogen) atoms. The average Bonchev–Trinajstić information content (AvgIpc) is 3.09. The number of rotatable bonds is 4. The number of hydrogen-bond donors (Lipinski definition) is 3. The van der Waals surface area contributed by atoms with Crippen LogP contribution in [0.3, 0.4) is 0 Å². The van der Waals surface area contributed by atoms with Gasteiger partial charge in [-0.1, -0.05) is 17.4 Å². The maximum Gasteiger partial charge on any atom is 0.267 e. The molecule has 0 unspecified atom stereocenters. The summed E-state index contributed by atoms with van der Waals surface area (Å²) in [5, 5.41) is 29.3. The summed E-state index contributed by atoms with van der Waals surface area (Å²) < 4.78 is 2.72. The lowest BCUT2D eigenvalue weighted by molar-refractivity contribution is 0.102. The summed E-state index contributed by atoms with van der Waals surface area (Å²) in [4.78, 5) is 30.1. The number of pyridine rings is 2. The zero-order chi connectivity index (χ0) is 19.8. The van der Waals surface area contributed by atoms with Crippen LogP contribution in [-0.4, -0.2) is 41.8 Å². The Morgan fingerprint density at radius 2 is 2.18 bits per heavy atom. The van der Waals surface area contributed by atoms with Gasteiger partial charge in [-0.3, -0.25) is 24.7 Å². The number of amides is 1. The molecule has 0 aromatic carbocycles.